The van der Waals surface area contributed by atoms with Crippen molar-refractivity contribution in [1.82, 2.24) is 0 Å². The van der Waals surface area contributed by atoms with Crippen LogP contribution in [0.15, 0.2) is 18.2 Å². The van der Waals surface area contributed by atoms with Gasteiger partial charge in [-0.3, -0.25) is 0 Å². The molecule has 1 fully saturated rings. The average Bonchev–Trinajstić information content (AvgIpc) is 2.28. The van der Waals surface area contributed by atoms with Gasteiger partial charge >= 0.3 is 0 Å². The number of benzene rings is 1. The van der Waals surface area contributed by atoms with E-state index in [4.69, 9.17) is 16.3 Å². The van der Waals surface area contributed by atoms with E-state index in [2.05, 4.69) is 19.2 Å². The molecule has 1 aliphatic rings. The Hall–Kier alpha value is -0.540. The Morgan fingerprint density at radius 3 is 2.89 bits per heavy atom. The van der Waals surface area contributed by atoms with Crippen LogP contribution in [0.1, 0.15) is 20.3 Å². The Morgan fingerprint density at radius 2 is 2.22 bits per heavy atom. The number of ether oxygens (including phenoxy) is 1. The summed E-state index contributed by atoms with van der Waals surface area (Å²) in [5.41, 5.74) is 1.39. The molecule has 2 nitrogen and oxygen atoms in total. The molecule has 0 saturated carbocycles. The monoisotopic (exact) mass is 285 g/mol. The van der Waals surface area contributed by atoms with Gasteiger partial charge in [0.05, 0.1) is 12.8 Å². The largest absolute Gasteiger partial charge is 0.495 e. The van der Waals surface area contributed by atoms with Crippen LogP contribution in [0, 0.1) is 5.41 Å². The van der Waals surface area contributed by atoms with Gasteiger partial charge in [0.15, 0.2) is 0 Å². The highest BCUT2D eigenvalue weighted by atomic mass is 35.5. The second-order valence-electron chi connectivity index (χ2n) is 5.57. The summed E-state index contributed by atoms with van der Waals surface area (Å²) in [5, 5.41) is 4.30. The molecule has 4 heteroatoms. The molecule has 0 spiro atoms. The molecular formula is C14H20ClNOS. The molecule has 0 radical (unpaired) electrons. The second-order valence-corrected chi connectivity index (χ2v) is 7.04. The first-order chi connectivity index (χ1) is 8.50. The third-order valence-corrected chi connectivity index (χ3v) is 4.99. The van der Waals surface area contributed by atoms with E-state index >= 15 is 0 Å². The molecule has 1 heterocycles. The number of halogens is 1. The number of nitrogens with one attached hydrogen (secondary N) is 1. The standard InChI is InChI=1S/C14H20ClNOS/c1-14(2)7-11(8-18-9-14)16-12-6-10(15)4-5-13(12)17-3/h4-6,11,16H,7-9H2,1-3H3. The predicted octanol–water partition coefficient (Wildman–Crippen LogP) is 4.29. The van der Waals surface area contributed by atoms with Crippen molar-refractivity contribution in [2.24, 2.45) is 5.41 Å². The van der Waals surface area contributed by atoms with Crippen molar-refractivity contribution in [1.29, 1.82) is 0 Å². The SMILES string of the molecule is COc1ccc(Cl)cc1NC1CSCC(C)(C)C1. The molecule has 0 bridgehead atoms. The van der Waals surface area contributed by atoms with Crippen LogP contribution in [0.4, 0.5) is 5.69 Å². The van der Waals surface area contributed by atoms with Crippen LogP contribution in [-0.2, 0) is 0 Å². The maximum atomic E-state index is 6.05. The minimum atomic E-state index is 0.395. The van der Waals surface area contributed by atoms with Gasteiger partial charge in [-0.05, 0) is 35.8 Å². The Bertz CT molecular complexity index is 422. The predicted molar refractivity (Wildman–Crippen MR) is 81.1 cm³/mol. The summed E-state index contributed by atoms with van der Waals surface area (Å²) in [6, 6.07) is 6.18. The van der Waals surface area contributed by atoms with Crippen molar-refractivity contribution in [3.63, 3.8) is 0 Å². The third kappa shape index (κ3) is 3.48. The average molecular weight is 286 g/mol. The van der Waals surface area contributed by atoms with E-state index in [1.54, 1.807) is 7.11 Å². The molecule has 1 N–H and O–H groups in total. The summed E-state index contributed by atoms with van der Waals surface area (Å²) in [7, 11) is 1.69. The summed E-state index contributed by atoms with van der Waals surface area (Å²) in [6.07, 6.45) is 1.18. The molecule has 0 aromatic heterocycles. The van der Waals surface area contributed by atoms with Crippen molar-refractivity contribution in [2.75, 3.05) is 23.9 Å². The first kappa shape index (κ1) is 13.9. The van der Waals surface area contributed by atoms with E-state index in [1.807, 2.05) is 30.0 Å². The van der Waals surface area contributed by atoms with Crippen LogP contribution in [0.25, 0.3) is 0 Å². The van der Waals surface area contributed by atoms with Gasteiger partial charge in [-0.1, -0.05) is 25.4 Å². The molecule has 2 rings (SSSR count). The lowest BCUT2D eigenvalue weighted by atomic mass is 9.88. The van der Waals surface area contributed by atoms with E-state index in [-0.39, 0.29) is 0 Å². The summed E-state index contributed by atoms with van der Waals surface area (Å²) in [6.45, 7) is 4.64. The number of methoxy groups -OCH3 is 1. The van der Waals surface area contributed by atoms with Gasteiger partial charge < -0.3 is 10.1 Å². The Labute approximate surface area is 118 Å². The lowest BCUT2D eigenvalue weighted by Gasteiger charge is -2.35. The van der Waals surface area contributed by atoms with Crippen molar-refractivity contribution in [3.8, 4) is 5.75 Å². The van der Waals surface area contributed by atoms with Gasteiger partial charge in [-0.25, -0.2) is 0 Å². The Kier molecular flexibility index (Phi) is 4.33. The van der Waals surface area contributed by atoms with Crippen LogP contribution in [0.3, 0.4) is 0 Å². The van der Waals surface area contributed by atoms with E-state index in [1.165, 1.54) is 12.2 Å². The molecular weight excluding hydrogens is 266 g/mol. The van der Waals surface area contributed by atoms with Gasteiger partial charge in [0.1, 0.15) is 5.75 Å². The van der Waals surface area contributed by atoms with E-state index < -0.39 is 0 Å². The lowest BCUT2D eigenvalue weighted by Crippen LogP contribution is -2.35. The van der Waals surface area contributed by atoms with Gasteiger partial charge in [0.2, 0.25) is 0 Å². The molecule has 100 valence electrons. The van der Waals surface area contributed by atoms with Crippen LogP contribution in [0.5, 0.6) is 5.75 Å². The van der Waals surface area contributed by atoms with Gasteiger partial charge in [0.25, 0.3) is 0 Å². The van der Waals surface area contributed by atoms with Crippen molar-refractivity contribution < 1.29 is 4.74 Å². The van der Waals surface area contributed by atoms with E-state index in [0.717, 1.165) is 22.2 Å². The fraction of sp³-hybridized carbons (Fsp3) is 0.571. The fourth-order valence-electron chi connectivity index (χ4n) is 2.37. The van der Waals surface area contributed by atoms with Crippen molar-refractivity contribution in [2.45, 2.75) is 26.3 Å². The topological polar surface area (TPSA) is 21.3 Å². The zero-order chi connectivity index (χ0) is 13.2. The normalized spacial score (nSPS) is 22.6. The van der Waals surface area contributed by atoms with Crippen molar-refractivity contribution >= 4 is 29.1 Å². The van der Waals surface area contributed by atoms with Crippen LogP contribution in [-0.4, -0.2) is 24.7 Å². The highest BCUT2D eigenvalue weighted by Crippen LogP contribution is 2.36. The number of thioether (sulfide) groups is 1. The summed E-state index contributed by atoms with van der Waals surface area (Å²) < 4.78 is 5.37. The molecule has 1 saturated heterocycles. The van der Waals surface area contributed by atoms with Crippen LogP contribution < -0.4 is 10.1 Å². The lowest BCUT2D eigenvalue weighted by molar-refractivity contribution is 0.357. The minimum absolute atomic E-state index is 0.395. The van der Waals surface area contributed by atoms with Crippen LogP contribution >= 0.6 is 23.4 Å². The van der Waals surface area contributed by atoms with Gasteiger partial charge in [-0.15, -0.1) is 0 Å². The summed E-state index contributed by atoms with van der Waals surface area (Å²) >= 11 is 8.06. The highest BCUT2D eigenvalue weighted by Gasteiger charge is 2.28. The van der Waals surface area contributed by atoms with Crippen molar-refractivity contribution in [3.05, 3.63) is 23.2 Å². The highest BCUT2D eigenvalue weighted by molar-refractivity contribution is 7.99. The smallest absolute Gasteiger partial charge is 0.142 e. The van der Waals surface area contributed by atoms with E-state index in [0.29, 0.717) is 11.5 Å². The molecule has 18 heavy (non-hydrogen) atoms. The maximum absolute atomic E-state index is 6.05. The Balaban J connectivity index is 2.11. The van der Waals surface area contributed by atoms with Gasteiger partial charge in [0, 0.05) is 16.8 Å². The second kappa shape index (κ2) is 5.62. The molecule has 1 aromatic rings. The quantitative estimate of drug-likeness (QED) is 0.895. The van der Waals surface area contributed by atoms with Gasteiger partial charge in [-0.2, -0.15) is 11.8 Å². The number of hydrogen-bond acceptors (Lipinski definition) is 3. The zero-order valence-electron chi connectivity index (χ0n) is 11.1. The molecule has 1 unspecified atom stereocenters. The summed E-state index contributed by atoms with van der Waals surface area (Å²) in [4.78, 5) is 0. The number of anilines is 1. The maximum Gasteiger partial charge on any atom is 0.142 e. The fourth-order valence-corrected chi connectivity index (χ4v) is 3.81. The molecule has 1 aliphatic heterocycles. The van der Waals surface area contributed by atoms with E-state index in [9.17, 15) is 0 Å². The Morgan fingerprint density at radius 1 is 1.44 bits per heavy atom. The first-order valence-electron chi connectivity index (χ1n) is 6.18. The summed E-state index contributed by atoms with van der Waals surface area (Å²) in [5.74, 6) is 3.23. The zero-order valence-corrected chi connectivity index (χ0v) is 12.7. The number of rotatable bonds is 3. The molecule has 0 amide bonds. The molecule has 0 aliphatic carbocycles. The van der Waals surface area contributed by atoms with Crippen LogP contribution in [0.2, 0.25) is 5.02 Å². The number of hydrogen-bond donors (Lipinski definition) is 1. The minimum Gasteiger partial charge on any atom is -0.495 e. The first-order valence-corrected chi connectivity index (χ1v) is 7.71. The molecule has 1 aromatic carbocycles. The molecule has 1 atom stereocenters. The third-order valence-electron chi connectivity index (χ3n) is 3.13.